The number of halogens is 2. The van der Waals surface area contributed by atoms with Crippen molar-refractivity contribution in [2.24, 2.45) is 0 Å². The fourth-order valence-electron chi connectivity index (χ4n) is 3.31. The molecule has 1 aliphatic rings. The van der Waals surface area contributed by atoms with E-state index in [0.29, 0.717) is 11.7 Å². The normalized spacial score (nSPS) is 17.3. The van der Waals surface area contributed by atoms with Crippen LogP contribution in [0.4, 0.5) is 0 Å². The third kappa shape index (κ3) is 4.52. The van der Waals surface area contributed by atoms with E-state index in [1.165, 1.54) is 30.1 Å². The highest BCUT2D eigenvalue weighted by molar-refractivity contribution is 9.10. The summed E-state index contributed by atoms with van der Waals surface area (Å²) in [4.78, 5) is 30.3. The van der Waals surface area contributed by atoms with Gasteiger partial charge in [0, 0.05) is 27.3 Å². The zero-order valence-electron chi connectivity index (χ0n) is 15.2. The maximum absolute atomic E-state index is 12.6. The van der Waals surface area contributed by atoms with Gasteiger partial charge in [-0.1, -0.05) is 11.6 Å². The van der Waals surface area contributed by atoms with Gasteiger partial charge < -0.3 is 0 Å². The number of thiophene rings is 1. The molecule has 0 aliphatic carbocycles. The van der Waals surface area contributed by atoms with E-state index in [0.717, 1.165) is 33.1 Å². The molecule has 3 aromatic rings. The molecular formula is C19H18BrClN4OS2. The average molecular weight is 498 g/mol. The van der Waals surface area contributed by atoms with Crippen molar-refractivity contribution in [3.05, 3.63) is 49.0 Å². The van der Waals surface area contributed by atoms with Gasteiger partial charge in [-0.3, -0.25) is 9.69 Å². The molecule has 0 bridgehead atoms. The van der Waals surface area contributed by atoms with Crippen LogP contribution in [0.15, 0.2) is 28.3 Å². The largest absolute Gasteiger partial charge is 0.296 e. The van der Waals surface area contributed by atoms with E-state index in [9.17, 15) is 4.79 Å². The Kier molecular flexibility index (Phi) is 6.22. The maximum atomic E-state index is 12.6. The lowest BCUT2D eigenvalue weighted by Gasteiger charge is -2.20. The van der Waals surface area contributed by atoms with Crippen molar-refractivity contribution in [3.63, 3.8) is 0 Å². The summed E-state index contributed by atoms with van der Waals surface area (Å²) in [6.07, 6.45) is 5.50. The van der Waals surface area contributed by atoms with Crippen LogP contribution in [0.5, 0.6) is 0 Å². The summed E-state index contributed by atoms with van der Waals surface area (Å²) in [5.41, 5.74) is 1.31. The fourth-order valence-corrected chi connectivity index (χ4v) is 6.02. The lowest BCUT2D eigenvalue weighted by molar-refractivity contribution is 0.0988. The summed E-state index contributed by atoms with van der Waals surface area (Å²) in [6, 6.07) is 2.67. The second kappa shape index (κ2) is 8.67. The van der Waals surface area contributed by atoms with Crippen LogP contribution in [0.25, 0.3) is 10.6 Å². The molecule has 28 heavy (non-hydrogen) atoms. The molecule has 1 aliphatic heterocycles. The molecular weight excluding hydrogens is 480 g/mol. The zero-order valence-corrected chi connectivity index (χ0v) is 19.2. The molecule has 1 saturated heterocycles. The average Bonchev–Trinajstić information content (AvgIpc) is 3.37. The molecule has 4 rings (SSSR count). The smallest absolute Gasteiger partial charge is 0.189 e. The van der Waals surface area contributed by atoms with Crippen molar-refractivity contribution >= 4 is 56.0 Å². The number of aromatic nitrogens is 3. The molecule has 4 heterocycles. The third-order valence-electron chi connectivity index (χ3n) is 4.80. The molecule has 0 amide bonds. The Bertz CT molecular complexity index is 988. The first-order valence-electron chi connectivity index (χ1n) is 8.97. The Morgan fingerprint density at radius 1 is 1.39 bits per heavy atom. The second-order valence-electron chi connectivity index (χ2n) is 6.79. The number of carbonyl (C=O) groups is 1. The van der Waals surface area contributed by atoms with Crippen molar-refractivity contribution in [2.45, 2.75) is 38.8 Å². The molecule has 0 radical (unpaired) electrons. The zero-order chi connectivity index (χ0) is 19.7. The summed E-state index contributed by atoms with van der Waals surface area (Å²) in [5, 5.41) is 3.15. The van der Waals surface area contributed by atoms with Crippen LogP contribution in [0.2, 0.25) is 5.15 Å². The quantitative estimate of drug-likeness (QED) is 0.422. The minimum atomic E-state index is -0.0992. The highest BCUT2D eigenvalue weighted by Crippen LogP contribution is 2.36. The molecule has 0 unspecified atom stereocenters. The lowest BCUT2D eigenvalue weighted by atomic mass is 10.2. The van der Waals surface area contributed by atoms with Crippen molar-refractivity contribution in [1.29, 1.82) is 0 Å². The van der Waals surface area contributed by atoms with E-state index >= 15 is 0 Å². The molecule has 0 spiro atoms. The highest BCUT2D eigenvalue weighted by Gasteiger charge is 2.24. The number of hydrogen-bond acceptors (Lipinski definition) is 7. The first-order chi connectivity index (χ1) is 13.5. The Balaban J connectivity index is 1.60. The van der Waals surface area contributed by atoms with Crippen molar-refractivity contribution in [2.75, 3.05) is 6.54 Å². The predicted molar refractivity (Wildman–Crippen MR) is 117 cm³/mol. The molecule has 0 aromatic carbocycles. The van der Waals surface area contributed by atoms with Crippen LogP contribution in [0, 0.1) is 0 Å². The number of nitrogens with zero attached hydrogens (tertiary/aromatic N) is 4. The number of likely N-dealkylation sites (tertiary alicyclic amines) is 1. The summed E-state index contributed by atoms with van der Waals surface area (Å²) in [5.74, 6) is -0.0992. The van der Waals surface area contributed by atoms with Gasteiger partial charge in [-0.2, -0.15) is 0 Å². The maximum Gasteiger partial charge on any atom is 0.189 e. The van der Waals surface area contributed by atoms with E-state index in [1.807, 2.05) is 0 Å². The molecule has 1 fully saturated rings. The molecule has 3 aromatic heterocycles. The van der Waals surface area contributed by atoms with Crippen molar-refractivity contribution in [1.82, 2.24) is 19.9 Å². The minimum Gasteiger partial charge on any atom is -0.296 e. The van der Waals surface area contributed by atoms with Crippen LogP contribution >= 0.6 is 50.2 Å². The monoisotopic (exact) mass is 496 g/mol. The van der Waals surface area contributed by atoms with E-state index in [4.69, 9.17) is 16.6 Å². The van der Waals surface area contributed by atoms with Gasteiger partial charge in [0.05, 0.1) is 29.4 Å². The van der Waals surface area contributed by atoms with Gasteiger partial charge in [0.2, 0.25) is 0 Å². The number of Topliss-reactive ketones (excluding diaryl/α,β-unsaturated/α-hetero) is 1. The summed E-state index contributed by atoms with van der Waals surface area (Å²) in [6.45, 7) is 4.26. The number of rotatable bonds is 6. The van der Waals surface area contributed by atoms with Gasteiger partial charge >= 0.3 is 0 Å². The first kappa shape index (κ1) is 20.1. The fraction of sp³-hybridized carbons (Fsp3) is 0.368. The number of thiazole rings is 1. The van der Waals surface area contributed by atoms with E-state index in [1.54, 1.807) is 22.7 Å². The molecule has 0 N–H and O–H groups in total. The molecule has 146 valence electrons. The topological polar surface area (TPSA) is 59.0 Å². The molecule has 9 heteroatoms. The van der Waals surface area contributed by atoms with Crippen LogP contribution < -0.4 is 0 Å². The van der Waals surface area contributed by atoms with Crippen LogP contribution in [0.3, 0.4) is 0 Å². The van der Waals surface area contributed by atoms with Crippen molar-refractivity contribution in [3.8, 4) is 10.6 Å². The predicted octanol–water partition coefficient (Wildman–Crippen LogP) is 5.49. The SMILES string of the molecule is C[C@@H]1CCCN1Cc1sc(CC(=O)c2cnc(Cl)cn2)nc1-c1cc(Br)cs1. The van der Waals surface area contributed by atoms with Gasteiger partial charge in [-0.25, -0.2) is 15.0 Å². The Morgan fingerprint density at radius 2 is 2.25 bits per heavy atom. The second-order valence-corrected chi connectivity index (χ2v) is 10.2. The number of ketones is 1. The van der Waals surface area contributed by atoms with Gasteiger partial charge in [-0.15, -0.1) is 22.7 Å². The lowest BCUT2D eigenvalue weighted by Crippen LogP contribution is -2.25. The molecule has 5 nitrogen and oxygen atoms in total. The Hall–Kier alpha value is -1.19. The molecule has 1 atom stereocenters. The van der Waals surface area contributed by atoms with Crippen molar-refractivity contribution < 1.29 is 4.79 Å². The van der Waals surface area contributed by atoms with Gasteiger partial charge in [-0.05, 0) is 48.3 Å². The highest BCUT2D eigenvalue weighted by atomic mass is 79.9. The Labute approximate surface area is 184 Å². The summed E-state index contributed by atoms with van der Waals surface area (Å²) >= 11 is 12.6. The molecule has 0 saturated carbocycles. The standard InChI is InChI=1S/C19H18BrClN4OS2/c1-11-3-2-4-25(11)9-16-19(15-5-12(20)10-27-15)24-18(28-16)6-14(26)13-7-23-17(21)8-22-13/h5,7-8,10-11H,2-4,6,9H2,1H3/t11-/m1/s1. The third-order valence-corrected chi connectivity index (χ3v) is 7.73. The minimum absolute atomic E-state index is 0.0992. The summed E-state index contributed by atoms with van der Waals surface area (Å²) in [7, 11) is 0. The van der Waals surface area contributed by atoms with Gasteiger partial charge in [0.15, 0.2) is 5.78 Å². The van der Waals surface area contributed by atoms with Crippen LogP contribution in [0.1, 0.15) is 40.1 Å². The number of hydrogen-bond donors (Lipinski definition) is 0. The van der Waals surface area contributed by atoms with Gasteiger partial charge in [0.25, 0.3) is 0 Å². The van der Waals surface area contributed by atoms with E-state index in [-0.39, 0.29) is 17.4 Å². The Morgan fingerprint density at radius 3 is 2.89 bits per heavy atom. The van der Waals surface area contributed by atoms with E-state index < -0.39 is 0 Å². The van der Waals surface area contributed by atoms with Crippen LogP contribution in [-0.2, 0) is 13.0 Å². The van der Waals surface area contributed by atoms with Gasteiger partial charge in [0.1, 0.15) is 15.9 Å². The number of carbonyl (C=O) groups excluding carboxylic acids is 1. The van der Waals surface area contributed by atoms with E-state index in [2.05, 4.69) is 49.2 Å². The summed E-state index contributed by atoms with van der Waals surface area (Å²) < 4.78 is 1.05. The first-order valence-corrected chi connectivity index (χ1v) is 11.8. The van der Waals surface area contributed by atoms with Crippen LogP contribution in [-0.4, -0.2) is 38.2 Å².